The van der Waals surface area contributed by atoms with Crippen LogP contribution in [0.5, 0.6) is 5.75 Å². The number of unbranched alkanes of at least 4 members (excludes halogenated alkanes) is 7. The summed E-state index contributed by atoms with van der Waals surface area (Å²) in [5.74, 6) is -0.241. The first-order valence-corrected chi connectivity index (χ1v) is 8.39. The molecule has 0 heterocycles. The molecule has 5 heteroatoms. The summed E-state index contributed by atoms with van der Waals surface area (Å²) < 4.78 is 53.6. The highest BCUT2D eigenvalue weighted by atomic mass is 19.3. The molecule has 1 aromatic rings. The minimum atomic E-state index is -4.45. The first-order valence-electron chi connectivity index (χ1n) is 8.39. The molecule has 0 bridgehead atoms. The van der Waals surface area contributed by atoms with E-state index in [-0.39, 0.29) is 5.75 Å². The summed E-state index contributed by atoms with van der Waals surface area (Å²) in [7, 11) is 0. The second kappa shape index (κ2) is 10.5. The number of halogens is 4. The van der Waals surface area contributed by atoms with Crippen LogP contribution in [0.1, 0.15) is 63.9 Å². The van der Waals surface area contributed by atoms with Gasteiger partial charge in [0.1, 0.15) is 5.75 Å². The normalized spacial score (nSPS) is 11.9. The maximum Gasteiger partial charge on any atom is 0.461 e. The molecule has 0 amide bonds. The minimum Gasteiger partial charge on any atom is -0.428 e. The Morgan fingerprint density at radius 2 is 1.39 bits per heavy atom. The lowest BCUT2D eigenvalue weighted by Gasteiger charge is -2.16. The Labute approximate surface area is 136 Å². The molecule has 0 atom stereocenters. The van der Waals surface area contributed by atoms with E-state index in [2.05, 4.69) is 11.7 Å². The third-order valence-corrected chi connectivity index (χ3v) is 3.75. The van der Waals surface area contributed by atoms with Crippen molar-refractivity contribution in [3.05, 3.63) is 29.8 Å². The Morgan fingerprint density at radius 3 is 1.91 bits per heavy atom. The van der Waals surface area contributed by atoms with Gasteiger partial charge in [0.05, 0.1) is 0 Å². The molecule has 1 nitrogen and oxygen atoms in total. The molecule has 0 aliphatic heterocycles. The lowest BCUT2D eigenvalue weighted by molar-refractivity contribution is -0.253. The fourth-order valence-electron chi connectivity index (χ4n) is 2.39. The predicted octanol–water partition coefficient (Wildman–Crippen LogP) is 6.61. The van der Waals surface area contributed by atoms with Crippen LogP contribution >= 0.6 is 0 Å². The van der Waals surface area contributed by atoms with Gasteiger partial charge in [-0.3, -0.25) is 0 Å². The molecular formula is C18H26F4O. The molecule has 0 aliphatic carbocycles. The summed E-state index contributed by atoms with van der Waals surface area (Å²) in [6, 6.07) is 5.93. The highest BCUT2D eigenvalue weighted by Crippen LogP contribution is 2.27. The van der Waals surface area contributed by atoms with Crippen molar-refractivity contribution in [2.75, 3.05) is 0 Å². The number of ether oxygens (including phenoxy) is 1. The van der Waals surface area contributed by atoms with Crippen LogP contribution < -0.4 is 4.74 Å². The molecule has 132 valence electrons. The van der Waals surface area contributed by atoms with Gasteiger partial charge in [0, 0.05) is 0 Å². The van der Waals surface area contributed by atoms with Crippen molar-refractivity contribution in [3.8, 4) is 5.75 Å². The second-order valence-corrected chi connectivity index (χ2v) is 5.83. The van der Waals surface area contributed by atoms with Crippen molar-refractivity contribution >= 4 is 0 Å². The summed E-state index contributed by atoms with van der Waals surface area (Å²) in [4.78, 5) is 0. The average Bonchev–Trinajstić information content (AvgIpc) is 2.51. The van der Waals surface area contributed by atoms with E-state index in [9.17, 15) is 17.6 Å². The number of hydrogen-bond donors (Lipinski definition) is 0. The van der Waals surface area contributed by atoms with E-state index in [1.807, 2.05) is 0 Å². The molecule has 0 aliphatic rings. The van der Waals surface area contributed by atoms with E-state index >= 15 is 0 Å². The number of rotatable bonds is 12. The van der Waals surface area contributed by atoms with E-state index < -0.39 is 12.5 Å². The lowest BCUT2D eigenvalue weighted by Crippen LogP contribution is -2.33. The van der Waals surface area contributed by atoms with Gasteiger partial charge in [-0.2, -0.15) is 17.6 Å². The third-order valence-electron chi connectivity index (χ3n) is 3.75. The van der Waals surface area contributed by atoms with Gasteiger partial charge in [-0.25, -0.2) is 0 Å². The van der Waals surface area contributed by atoms with Gasteiger partial charge in [0.25, 0.3) is 0 Å². The molecule has 0 spiro atoms. The lowest BCUT2D eigenvalue weighted by atomic mass is 10.0. The van der Waals surface area contributed by atoms with Gasteiger partial charge in [-0.1, -0.05) is 64.0 Å². The maximum atomic E-state index is 12.8. The van der Waals surface area contributed by atoms with E-state index in [1.165, 1.54) is 50.7 Å². The second-order valence-electron chi connectivity index (χ2n) is 5.83. The van der Waals surface area contributed by atoms with Crippen LogP contribution in [-0.4, -0.2) is 12.5 Å². The largest absolute Gasteiger partial charge is 0.461 e. The SMILES string of the molecule is CCCCCCCCCCc1ccc(OC(F)(F)C(F)F)cc1. The molecule has 23 heavy (non-hydrogen) atoms. The first-order chi connectivity index (χ1) is 11.0. The van der Waals surface area contributed by atoms with Crippen molar-refractivity contribution in [1.29, 1.82) is 0 Å². The number of aryl methyl sites for hydroxylation is 1. The van der Waals surface area contributed by atoms with Crippen LogP contribution in [0.4, 0.5) is 17.6 Å². The van der Waals surface area contributed by atoms with E-state index in [0.717, 1.165) is 24.8 Å². The Kier molecular flexibility index (Phi) is 9.03. The van der Waals surface area contributed by atoms with Crippen molar-refractivity contribution < 1.29 is 22.3 Å². The van der Waals surface area contributed by atoms with E-state index in [4.69, 9.17) is 0 Å². The molecule has 0 N–H and O–H groups in total. The van der Waals surface area contributed by atoms with Crippen LogP contribution in [0.25, 0.3) is 0 Å². The zero-order chi connectivity index (χ0) is 17.1. The minimum absolute atomic E-state index is 0.241. The van der Waals surface area contributed by atoms with Crippen LogP contribution in [-0.2, 0) is 6.42 Å². The van der Waals surface area contributed by atoms with Crippen LogP contribution in [0.15, 0.2) is 24.3 Å². The highest BCUT2D eigenvalue weighted by molar-refractivity contribution is 5.27. The third kappa shape index (κ3) is 8.24. The molecule has 0 saturated heterocycles. The predicted molar refractivity (Wildman–Crippen MR) is 84.3 cm³/mol. The monoisotopic (exact) mass is 334 g/mol. The van der Waals surface area contributed by atoms with Crippen molar-refractivity contribution in [2.24, 2.45) is 0 Å². The Bertz CT molecular complexity index is 418. The fraction of sp³-hybridized carbons (Fsp3) is 0.667. The molecule has 1 aromatic carbocycles. The van der Waals surface area contributed by atoms with Gasteiger partial charge in [-0.15, -0.1) is 0 Å². The van der Waals surface area contributed by atoms with Crippen LogP contribution in [0.3, 0.4) is 0 Å². The summed E-state index contributed by atoms with van der Waals surface area (Å²) in [6.07, 6.45) is 2.40. The zero-order valence-corrected chi connectivity index (χ0v) is 13.7. The molecular weight excluding hydrogens is 308 g/mol. The first kappa shape index (κ1) is 19.8. The Balaban J connectivity index is 2.22. The van der Waals surface area contributed by atoms with Gasteiger partial charge >= 0.3 is 12.5 Å². The van der Waals surface area contributed by atoms with Crippen LogP contribution in [0.2, 0.25) is 0 Å². The molecule has 0 aromatic heterocycles. The maximum absolute atomic E-state index is 12.8. The van der Waals surface area contributed by atoms with E-state index in [0.29, 0.717) is 0 Å². The summed E-state index contributed by atoms with van der Waals surface area (Å²) >= 11 is 0. The Morgan fingerprint density at radius 1 is 0.870 bits per heavy atom. The molecule has 0 unspecified atom stereocenters. The summed E-state index contributed by atoms with van der Waals surface area (Å²) in [6.45, 7) is 2.20. The summed E-state index contributed by atoms with van der Waals surface area (Å²) in [5, 5.41) is 0. The molecule has 0 fully saturated rings. The van der Waals surface area contributed by atoms with Crippen molar-refractivity contribution in [3.63, 3.8) is 0 Å². The van der Waals surface area contributed by atoms with Gasteiger partial charge < -0.3 is 4.74 Å². The van der Waals surface area contributed by atoms with Crippen molar-refractivity contribution in [1.82, 2.24) is 0 Å². The number of alkyl halides is 4. The fourth-order valence-corrected chi connectivity index (χ4v) is 2.39. The standard InChI is InChI=1S/C18H26F4O/c1-2-3-4-5-6-7-8-9-10-15-11-13-16(14-12-15)23-18(21,22)17(19)20/h11-14,17H,2-10H2,1H3. The number of benzene rings is 1. The average molecular weight is 334 g/mol. The molecule has 0 saturated carbocycles. The van der Waals surface area contributed by atoms with Crippen molar-refractivity contribution in [2.45, 2.75) is 77.2 Å². The van der Waals surface area contributed by atoms with E-state index in [1.54, 1.807) is 12.1 Å². The zero-order valence-electron chi connectivity index (χ0n) is 13.7. The topological polar surface area (TPSA) is 9.23 Å². The highest BCUT2D eigenvalue weighted by Gasteiger charge is 2.43. The smallest absolute Gasteiger partial charge is 0.428 e. The molecule has 1 rings (SSSR count). The summed E-state index contributed by atoms with van der Waals surface area (Å²) in [5.41, 5.74) is 1.00. The van der Waals surface area contributed by atoms with Gasteiger partial charge in [-0.05, 0) is 30.5 Å². The quantitative estimate of drug-likeness (QED) is 0.309. The van der Waals surface area contributed by atoms with Gasteiger partial charge in [0.2, 0.25) is 0 Å². The van der Waals surface area contributed by atoms with Gasteiger partial charge in [0.15, 0.2) is 0 Å². The van der Waals surface area contributed by atoms with Crippen LogP contribution in [0, 0.1) is 0 Å². The number of hydrogen-bond acceptors (Lipinski definition) is 1. The Hall–Kier alpha value is -1.26. The molecule has 0 radical (unpaired) electrons.